The van der Waals surface area contributed by atoms with Crippen LogP contribution >= 0.6 is 43.2 Å². The Kier molecular flexibility index (Phi) is 4.23. The number of nitrogens with one attached hydrogen (secondary N) is 2. The molecule has 0 unspecified atom stereocenters. The molecule has 0 aliphatic rings. The predicted molar refractivity (Wildman–Crippen MR) is 91.7 cm³/mol. The minimum Gasteiger partial charge on any atom is -0.321 e. The molecule has 0 saturated carbocycles. The SMILES string of the molecule is O=C(Nc1cccc(-c2ccn[nH]2)c1)c1cc(Br)c(Br)s1. The standard InChI is InChI=1S/C14H9Br2N3OS/c15-10-7-12(21-13(10)16)14(20)18-9-3-1-2-8(6-9)11-4-5-17-19-11/h1-7H,(H,17,19)(H,18,20). The molecule has 7 heteroatoms. The van der Waals surface area contributed by atoms with E-state index in [0.29, 0.717) is 4.88 Å². The summed E-state index contributed by atoms with van der Waals surface area (Å²) in [5, 5.41) is 9.73. The van der Waals surface area contributed by atoms with Crippen LogP contribution in [0.1, 0.15) is 9.67 Å². The molecule has 21 heavy (non-hydrogen) atoms. The van der Waals surface area contributed by atoms with Crippen molar-refractivity contribution in [2.24, 2.45) is 0 Å². The smallest absolute Gasteiger partial charge is 0.265 e. The average Bonchev–Trinajstić information content (AvgIpc) is 3.10. The number of aromatic amines is 1. The Morgan fingerprint density at radius 2 is 2.10 bits per heavy atom. The Bertz CT molecular complexity index is 764. The molecule has 3 rings (SSSR count). The number of aromatic nitrogens is 2. The van der Waals surface area contributed by atoms with E-state index in [9.17, 15) is 4.79 Å². The summed E-state index contributed by atoms with van der Waals surface area (Å²) < 4.78 is 1.78. The lowest BCUT2D eigenvalue weighted by Gasteiger charge is -2.05. The van der Waals surface area contributed by atoms with Crippen molar-refractivity contribution in [2.45, 2.75) is 0 Å². The summed E-state index contributed by atoms with van der Waals surface area (Å²) in [5.41, 5.74) is 2.62. The number of amides is 1. The van der Waals surface area contributed by atoms with Gasteiger partial charge >= 0.3 is 0 Å². The number of hydrogen-bond acceptors (Lipinski definition) is 3. The third kappa shape index (κ3) is 3.25. The van der Waals surface area contributed by atoms with E-state index < -0.39 is 0 Å². The van der Waals surface area contributed by atoms with Gasteiger partial charge in [-0.05, 0) is 56.1 Å². The average molecular weight is 427 g/mol. The summed E-state index contributed by atoms with van der Waals surface area (Å²) >= 11 is 8.15. The Balaban J connectivity index is 1.82. The predicted octanol–water partition coefficient (Wildman–Crippen LogP) is 4.92. The molecule has 1 aromatic carbocycles. The molecule has 0 spiro atoms. The highest BCUT2D eigenvalue weighted by Gasteiger charge is 2.12. The van der Waals surface area contributed by atoms with Gasteiger partial charge in [0.1, 0.15) is 0 Å². The van der Waals surface area contributed by atoms with Crippen LogP contribution in [-0.2, 0) is 0 Å². The Morgan fingerprint density at radius 3 is 2.76 bits per heavy atom. The van der Waals surface area contributed by atoms with Gasteiger partial charge in [-0.2, -0.15) is 5.10 Å². The largest absolute Gasteiger partial charge is 0.321 e. The van der Waals surface area contributed by atoms with Gasteiger partial charge in [0, 0.05) is 21.9 Å². The van der Waals surface area contributed by atoms with Gasteiger partial charge in [-0.25, -0.2) is 0 Å². The fraction of sp³-hybridized carbons (Fsp3) is 0. The van der Waals surface area contributed by atoms with Crippen LogP contribution in [0.15, 0.2) is 50.9 Å². The molecule has 0 saturated heterocycles. The van der Waals surface area contributed by atoms with Crippen molar-refractivity contribution in [2.75, 3.05) is 5.32 Å². The zero-order valence-electron chi connectivity index (χ0n) is 10.6. The Labute approximate surface area is 141 Å². The molecule has 0 radical (unpaired) electrons. The summed E-state index contributed by atoms with van der Waals surface area (Å²) in [4.78, 5) is 12.9. The van der Waals surface area contributed by atoms with Gasteiger partial charge in [0.15, 0.2) is 0 Å². The lowest BCUT2D eigenvalue weighted by atomic mass is 10.1. The van der Waals surface area contributed by atoms with Crippen molar-refractivity contribution in [3.63, 3.8) is 0 Å². The summed E-state index contributed by atoms with van der Waals surface area (Å²) in [6.07, 6.45) is 1.70. The molecule has 0 aliphatic carbocycles. The number of hydrogen-bond donors (Lipinski definition) is 2. The number of carbonyl (C=O) groups is 1. The van der Waals surface area contributed by atoms with E-state index >= 15 is 0 Å². The normalized spacial score (nSPS) is 10.6. The number of nitrogens with zero attached hydrogens (tertiary/aromatic N) is 1. The van der Waals surface area contributed by atoms with Crippen LogP contribution in [0.25, 0.3) is 11.3 Å². The quantitative estimate of drug-likeness (QED) is 0.624. The first-order valence-corrected chi connectivity index (χ1v) is 8.40. The molecule has 2 aromatic heterocycles. The second kappa shape index (κ2) is 6.13. The minimum atomic E-state index is -0.131. The molecule has 1 amide bonds. The van der Waals surface area contributed by atoms with Crippen LogP contribution in [0, 0.1) is 0 Å². The number of thiophene rings is 1. The monoisotopic (exact) mass is 425 g/mol. The molecule has 3 aromatic rings. The number of benzene rings is 1. The Morgan fingerprint density at radius 1 is 1.24 bits per heavy atom. The first kappa shape index (κ1) is 14.5. The number of halogens is 2. The first-order chi connectivity index (χ1) is 10.1. The molecule has 0 bridgehead atoms. The second-order valence-electron chi connectivity index (χ2n) is 4.24. The number of anilines is 1. The molecule has 0 fully saturated rings. The van der Waals surface area contributed by atoms with E-state index in [2.05, 4.69) is 47.4 Å². The fourth-order valence-electron chi connectivity index (χ4n) is 1.83. The van der Waals surface area contributed by atoms with Crippen molar-refractivity contribution in [1.29, 1.82) is 0 Å². The van der Waals surface area contributed by atoms with Crippen molar-refractivity contribution in [3.05, 3.63) is 55.7 Å². The van der Waals surface area contributed by atoms with Crippen LogP contribution in [0.5, 0.6) is 0 Å². The third-order valence-electron chi connectivity index (χ3n) is 2.80. The van der Waals surface area contributed by atoms with Crippen LogP contribution in [0.4, 0.5) is 5.69 Å². The number of rotatable bonds is 3. The maximum atomic E-state index is 12.2. The van der Waals surface area contributed by atoms with Crippen molar-refractivity contribution in [3.8, 4) is 11.3 Å². The zero-order chi connectivity index (χ0) is 14.8. The highest BCUT2D eigenvalue weighted by atomic mass is 79.9. The van der Waals surface area contributed by atoms with Gasteiger partial charge in [-0.1, -0.05) is 12.1 Å². The molecule has 4 nitrogen and oxygen atoms in total. The molecule has 2 heterocycles. The van der Waals surface area contributed by atoms with E-state index in [0.717, 1.165) is 25.2 Å². The summed E-state index contributed by atoms with van der Waals surface area (Å²) in [6, 6.07) is 11.3. The molecule has 0 atom stereocenters. The van der Waals surface area contributed by atoms with E-state index in [1.165, 1.54) is 11.3 Å². The van der Waals surface area contributed by atoms with E-state index in [1.54, 1.807) is 12.3 Å². The zero-order valence-corrected chi connectivity index (χ0v) is 14.5. The molecule has 0 aliphatic heterocycles. The van der Waals surface area contributed by atoms with Crippen molar-refractivity contribution < 1.29 is 4.79 Å². The van der Waals surface area contributed by atoms with Gasteiger partial charge in [-0.15, -0.1) is 11.3 Å². The summed E-state index contributed by atoms with van der Waals surface area (Å²) in [6.45, 7) is 0. The topological polar surface area (TPSA) is 57.8 Å². The van der Waals surface area contributed by atoms with Gasteiger partial charge < -0.3 is 5.32 Å². The molecule has 2 N–H and O–H groups in total. The second-order valence-corrected chi connectivity index (χ2v) is 7.46. The molecular weight excluding hydrogens is 418 g/mol. The highest BCUT2D eigenvalue weighted by molar-refractivity contribution is 9.13. The summed E-state index contributed by atoms with van der Waals surface area (Å²) in [7, 11) is 0. The van der Waals surface area contributed by atoms with Gasteiger partial charge in [0.25, 0.3) is 5.91 Å². The van der Waals surface area contributed by atoms with Crippen LogP contribution in [0.2, 0.25) is 0 Å². The van der Waals surface area contributed by atoms with Gasteiger partial charge in [0.05, 0.1) is 14.4 Å². The lowest BCUT2D eigenvalue weighted by Crippen LogP contribution is -2.09. The molecular formula is C14H9Br2N3OS. The summed E-state index contributed by atoms with van der Waals surface area (Å²) in [5.74, 6) is -0.131. The van der Waals surface area contributed by atoms with Crippen molar-refractivity contribution >= 4 is 54.8 Å². The van der Waals surface area contributed by atoms with Crippen LogP contribution < -0.4 is 5.32 Å². The van der Waals surface area contributed by atoms with Crippen LogP contribution in [-0.4, -0.2) is 16.1 Å². The Hall–Kier alpha value is -1.44. The van der Waals surface area contributed by atoms with E-state index in [1.807, 2.05) is 30.3 Å². The minimum absolute atomic E-state index is 0.131. The maximum absolute atomic E-state index is 12.2. The highest BCUT2D eigenvalue weighted by Crippen LogP contribution is 2.32. The van der Waals surface area contributed by atoms with E-state index in [-0.39, 0.29) is 5.91 Å². The van der Waals surface area contributed by atoms with Crippen LogP contribution in [0.3, 0.4) is 0 Å². The fourth-order valence-corrected chi connectivity index (χ4v) is 3.76. The first-order valence-electron chi connectivity index (χ1n) is 5.99. The van der Waals surface area contributed by atoms with Gasteiger partial charge in [-0.3, -0.25) is 9.89 Å². The number of carbonyl (C=O) groups excluding carboxylic acids is 1. The lowest BCUT2D eigenvalue weighted by molar-refractivity contribution is 0.103. The molecule has 106 valence electrons. The third-order valence-corrected chi connectivity index (χ3v) is 6.06. The maximum Gasteiger partial charge on any atom is 0.265 e. The number of H-pyrrole nitrogens is 1. The van der Waals surface area contributed by atoms with Crippen molar-refractivity contribution in [1.82, 2.24) is 10.2 Å². The van der Waals surface area contributed by atoms with E-state index in [4.69, 9.17) is 0 Å². The van der Waals surface area contributed by atoms with Gasteiger partial charge in [0.2, 0.25) is 0 Å².